The van der Waals surface area contributed by atoms with Crippen LogP contribution in [-0.2, 0) is 20.4 Å². The Morgan fingerprint density at radius 3 is 2.69 bits per heavy atom. The normalized spacial score (nSPS) is 17.2. The lowest BCUT2D eigenvalue weighted by Gasteiger charge is -2.12. The van der Waals surface area contributed by atoms with Gasteiger partial charge in [-0.15, -0.1) is 0 Å². The van der Waals surface area contributed by atoms with Gasteiger partial charge in [0, 0.05) is 11.8 Å². The van der Waals surface area contributed by atoms with Gasteiger partial charge in [-0.25, -0.2) is 17.2 Å². The van der Waals surface area contributed by atoms with Gasteiger partial charge in [0.25, 0.3) is 0 Å². The van der Waals surface area contributed by atoms with Crippen LogP contribution in [0.25, 0.3) is 0 Å². The van der Waals surface area contributed by atoms with Crippen LogP contribution >= 0.6 is 0 Å². The van der Waals surface area contributed by atoms with Crippen molar-refractivity contribution in [3.8, 4) is 0 Å². The smallest absolute Gasteiger partial charge is 0.241 e. The summed E-state index contributed by atoms with van der Waals surface area (Å²) in [6.07, 6.45) is 1.68. The van der Waals surface area contributed by atoms with E-state index >= 15 is 0 Å². The van der Waals surface area contributed by atoms with Gasteiger partial charge in [-0.1, -0.05) is 12.1 Å². The van der Waals surface area contributed by atoms with Gasteiger partial charge in [-0.3, -0.25) is 4.79 Å². The minimum atomic E-state index is -3.99. The quantitative estimate of drug-likeness (QED) is 0.782. The summed E-state index contributed by atoms with van der Waals surface area (Å²) in [6.45, 7) is 0.791. The van der Waals surface area contributed by atoms with Gasteiger partial charge >= 0.3 is 0 Å². The lowest BCUT2D eigenvalue weighted by molar-refractivity contribution is -0.117. The minimum Gasteiger partial charge on any atom is -0.325 e. The molecule has 138 valence electrons. The SMILES string of the molecule is O=C(Nc1cccc(CS(=O)(=O)c2ccc(F)cc2F)c1)C1CCCN1. The molecule has 8 heteroatoms. The van der Waals surface area contributed by atoms with Crippen molar-refractivity contribution in [2.45, 2.75) is 29.5 Å². The zero-order chi connectivity index (χ0) is 18.7. The average Bonchev–Trinajstić information content (AvgIpc) is 3.09. The van der Waals surface area contributed by atoms with Crippen molar-refractivity contribution in [2.75, 3.05) is 11.9 Å². The largest absolute Gasteiger partial charge is 0.325 e. The van der Waals surface area contributed by atoms with Crippen molar-refractivity contribution in [1.82, 2.24) is 5.32 Å². The van der Waals surface area contributed by atoms with Gasteiger partial charge in [0.1, 0.15) is 16.5 Å². The van der Waals surface area contributed by atoms with Gasteiger partial charge < -0.3 is 10.6 Å². The van der Waals surface area contributed by atoms with Crippen molar-refractivity contribution in [2.24, 2.45) is 0 Å². The highest BCUT2D eigenvalue weighted by Gasteiger charge is 2.23. The van der Waals surface area contributed by atoms with E-state index in [2.05, 4.69) is 10.6 Å². The Bertz CT molecular complexity index is 926. The molecular weight excluding hydrogens is 362 g/mol. The first-order chi connectivity index (χ1) is 12.3. The number of rotatable bonds is 5. The maximum Gasteiger partial charge on any atom is 0.241 e. The van der Waals surface area contributed by atoms with Crippen LogP contribution in [0.3, 0.4) is 0 Å². The number of hydrogen-bond donors (Lipinski definition) is 2. The average molecular weight is 380 g/mol. The summed E-state index contributed by atoms with van der Waals surface area (Å²) < 4.78 is 51.6. The van der Waals surface area contributed by atoms with E-state index in [4.69, 9.17) is 0 Å². The summed E-state index contributed by atoms with van der Waals surface area (Å²) in [7, 11) is -3.99. The molecule has 2 aromatic carbocycles. The van der Waals surface area contributed by atoms with E-state index in [1.165, 1.54) is 6.07 Å². The molecule has 2 N–H and O–H groups in total. The monoisotopic (exact) mass is 380 g/mol. The molecule has 1 atom stereocenters. The molecule has 5 nitrogen and oxygen atoms in total. The molecule has 3 rings (SSSR count). The molecule has 0 saturated carbocycles. The van der Waals surface area contributed by atoms with E-state index in [0.29, 0.717) is 17.3 Å². The predicted molar refractivity (Wildman–Crippen MR) is 93.3 cm³/mol. The van der Waals surface area contributed by atoms with Crippen molar-refractivity contribution in [3.63, 3.8) is 0 Å². The van der Waals surface area contributed by atoms with Crippen LogP contribution in [-0.4, -0.2) is 26.9 Å². The Labute approximate surface area is 150 Å². The van der Waals surface area contributed by atoms with Gasteiger partial charge in [-0.05, 0) is 49.2 Å². The van der Waals surface area contributed by atoms with Crippen molar-refractivity contribution in [3.05, 3.63) is 59.7 Å². The molecule has 1 unspecified atom stereocenters. The fraction of sp³-hybridized carbons (Fsp3) is 0.278. The second kappa shape index (κ2) is 7.51. The molecule has 0 bridgehead atoms. The topological polar surface area (TPSA) is 75.3 Å². The highest BCUT2D eigenvalue weighted by atomic mass is 32.2. The molecule has 1 saturated heterocycles. The third-order valence-electron chi connectivity index (χ3n) is 4.16. The standard InChI is InChI=1S/C18H18F2N2O3S/c19-13-6-7-17(15(20)10-13)26(24,25)11-12-3-1-4-14(9-12)22-18(23)16-5-2-8-21-16/h1,3-4,6-7,9-10,16,21H,2,5,8,11H2,(H,22,23). The van der Waals surface area contributed by atoms with Crippen molar-refractivity contribution >= 4 is 21.4 Å². The summed E-state index contributed by atoms with van der Waals surface area (Å²) in [4.78, 5) is 11.6. The van der Waals surface area contributed by atoms with Gasteiger partial charge in [0.05, 0.1) is 11.8 Å². The molecule has 1 amide bonds. The number of amides is 1. The van der Waals surface area contributed by atoms with Gasteiger partial charge in [0.2, 0.25) is 5.91 Å². The Morgan fingerprint density at radius 2 is 2.00 bits per heavy atom. The second-order valence-electron chi connectivity index (χ2n) is 6.17. The maximum atomic E-state index is 13.8. The number of anilines is 1. The molecular formula is C18H18F2N2O3S. The molecule has 0 aliphatic carbocycles. The Balaban J connectivity index is 1.76. The fourth-order valence-corrected chi connectivity index (χ4v) is 4.31. The first kappa shape index (κ1) is 18.5. The van der Waals surface area contributed by atoms with Crippen molar-refractivity contribution in [1.29, 1.82) is 0 Å². The molecule has 0 spiro atoms. The van der Waals surface area contributed by atoms with Crippen LogP contribution in [0.5, 0.6) is 0 Å². The number of nitrogens with one attached hydrogen (secondary N) is 2. The molecule has 1 fully saturated rings. The number of carbonyl (C=O) groups is 1. The van der Waals surface area contributed by atoms with Crippen LogP contribution in [0, 0.1) is 11.6 Å². The van der Waals surface area contributed by atoms with Crippen LogP contribution < -0.4 is 10.6 Å². The summed E-state index contributed by atoms with van der Waals surface area (Å²) >= 11 is 0. The minimum absolute atomic E-state index is 0.174. The molecule has 0 radical (unpaired) electrons. The Morgan fingerprint density at radius 1 is 1.19 bits per heavy atom. The molecule has 0 aromatic heterocycles. The molecule has 1 heterocycles. The van der Waals surface area contributed by atoms with Gasteiger partial charge in [0.15, 0.2) is 9.84 Å². The fourth-order valence-electron chi connectivity index (χ4n) is 2.90. The molecule has 1 aliphatic rings. The Kier molecular flexibility index (Phi) is 5.33. The third-order valence-corrected chi connectivity index (χ3v) is 5.87. The van der Waals surface area contributed by atoms with Crippen LogP contribution in [0.2, 0.25) is 0 Å². The van der Waals surface area contributed by atoms with E-state index < -0.39 is 32.1 Å². The highest BCUT2D eigenvalue weighted by molar-refractivity contribution is 7.90. The molecule has 2 aromatic rings. The van der Waals surface area contributed by atoms with Crippen LogP contribution in [0.15, 0.2) is 47.4 Å². The highest BCUT2D eigenvalue weighted by Crippen LogP contribution is 2.22. The molecule has 1 aliphatic heterocycles. The lowest BCUT2D eigenvalue weighted by Crippen LogP contribution is -2.35. The van der Waals surface area contributed by atoms with E-state index in [-0.39, 0.29) is 11.9 Å². The molecule has 26 heavy (non-hydrogen) atoms. The summed E-state index contributed by atoms with van der Waals surface area (Å²) in [5, 5.41) is 5.83. The van der Waals surface area contributed by atoms with E-state index in [0.717, 1.165) is 31.5 Å². The van der Waals surface area contributed by atoms with Crippen molar-refractivity contribution < 1.29 is 22.0 Å². The number of hydrogen-bond acceptors (Lipinski definition) is 4. The van der Waals surface area contributed by atoms with E-state index in [1.807, 2.05) is 0 Å². The first-order valence-corrected chi connectivity index (χ1v) is 9.81. The maximum absolute atomic E-state index is 13.8. The zero-order valence-electron chi connectivity index (χ0n) is 13.8. The zero-order valence-corrected chi connectivity index (χ0v) is 14.7. The number of carbonyl (C=O) groups excluding carboxylic acids is 1. The second-order valence-corrected chi connectivity index (χ2v) is 8.13. The third kappa shape index (κ3) is 4.25. The number of benzene rings is 2. The summed E-state index contributed by atoms with van der Waals surface area (Å²) in [5.41, 5.74) is 0.863. The Hall–Kier alpha value is -2.32. The van der Waals surface area contributed by atoms with Crippen LogP contribution in [0.1, 0.15) is 18.4 Å². The summed E-state index contributed by atoms with van der Waals surface area (Å²) in [6, 6.07) is 8.48. The lowest BCUT2D eigenvalue weighted by atomic mass is 10.2. The van der Waals surface area contributed by atoms with E-state index in [1.54, 1.807) is 18.2 Å². The van der Waals surface area contributed by atoms with Gasteiger partial charge in [-0.2, -0.15) is 0 Å². The van der Waals surface area contributed by atoms with E-state index in [9.17, 15) is 22.0 Å². The predicted octanol–water partition coefficient (Wildman–Crippen LogP) is 2.63. The number of halogens is 2. The van der Waals surface area contributed by atoms with Crippen LogP contribution in [0.4, 0.5) is 14.5 Å². The number of sulfone groups is 1. The first-order valence-electron chi connectivity index (χ1n) is 8.16. The summed E-state index contributed by atoms with van der Waals surface area (Å²) in [5.74, 6) is -2.60.